The maximum Gasteiger partial charge on any atom is 0.426 e. The number of rotatable bonds is 3. The molecule has 1 fully saturated rings. The van der Waals surface area contributed by atoms with E-state index >= 15 is 0 Å². The highest BCUT2D eigenvalue weighted by molar-refractivity contribution is 5.91. The molecule has 0 saturated carbocycles. The van der Waals surface area contributed by atoms with Gasteiger partial charge < -0.3 is 10.0 Å². The third kappa shape index (κ3) is 3.27. The molecule has 0 bridgehead atoms. The van der Waals surface area contributed by atoms with Crippen LogP contribution in [0.5, 0.6) is 0 Å². The minimum atomic E-state index is -5.00. The van der Waals surface area contributed by atoms with Crippen molar-refractivity contribution < 1.29 is 23.1 Å². The summed E-state index contributed by atoms with van der Waals surface area (Å²) in [6.07, 6.45) is 0.428. The smallest absolute Gasteiger partial charge is 0.373 e. The highest BCUT2D eigenvalue weighted by atomic mass is 19.4. The van der Waals surface area contributed by atoms with E-state index in [1.807, 2.05) is 19.1 Å². The standard InChI is InChI=1S/C17H21F3N4O2/c1-11-3-4-14(22-11)24-13(5-8-21-24)12-6-9-23(10-7-12)15(25)16(2,26)17(18,19)20/h4-5,8,12,26H,3,6-7,9-10H2,1-2H3/t16-/m1/s1. The Balaban J connectivity index is 1.69. The normalized spacial score (nSPS) is 21.4. The van der Waals surface area contributed by atoms with Crippen molar-refractivity contribution in [2.75, 3.05) is 13.1 Å². The summed E-state index contributed by atoms with van der Waals surface area (Å²) < 4.78 is 40.4. The van der Waals surface area contributed by atoms with Gasteiger partial charge in [0.05, 0.1) is 0 Å². The fourth-order valence-electron chi connectivity index (χ4n) is 3.28. The van der Waals surface area contributed by atoms with Gasteiger partial charge in [-0.25, -0.2) is 9.67 Å². The fraction of sp³-hybridized carbons (Fsp3) is 0.588. The first-order chi connectivity index (χ1) is 12.1. The number of piperidine rings is 1. The maximum atomic E-state index is 12.9. The van der Waals surface area contributed by atoms with Gasteiger partial charge in [0.1, 0.15) is 5.82 Å². The lowest BCUT2D eigenvalue weighted by molar-refractivity contribution is -0.250. The first kappa shape index (κ1) is 18.6. The van der Waals surface area contributed by atoms with Gasteiger partial charge in [0.2, 0.25) is 5.60 Å². The minimum Gasteiger partial charge on any atom is -0.373 e. The van der Waals surface area contributed by atoms with Crippen molar-refractivity contribution in [3.05, 3.63) is 24.0 Å². The molecule has 1 atom stereocenters. The molecular weight excluding hydrogens is 349 g/mol. The molecule has 1 aromatic heterocycles. The van der Waals surface area contributed by atoms with Crippen LogP contribution >= 0.6 is 0 Å². The third-order valence-corrected chi connectivity index (χ3v) is 4.94. The lowest BCUT2D eigenvalue weighted by Crippen LogP contribution is -2.57. The summed E-state index contributed by atoms with van der Waals surface area (Å²) in [5, 5.41) is 13.9. The molecule has 1 amide bonds. The van der Waals surface area contributed by atoms with E-state index in [2.05, 4.69) is 10.1 Å². The first-order valence-corrected chi connectivity index (χ1v) is 8.48. The number of alkyl halides is 3. The number of likely N-dealkylation sites (tertiary alicyclic amines) is 1. The highest BCUT2D eigenvalue weighted by Crippen LogP contribution is 2.35. The molecule has 142 valence electrons. The summed E-state index contributed by atoms with van der Waals surface area (Å²) in [6.45, 7) is 2.75. The lowest BCUT2D eigenvalue weighted by atomic mass is 9.92. The molecular formula is C17H21F3N4O2. The largest absolute Gasteiger partial charge is 0.426 e. The molecule has 1 N–H and O–H groups in total. The van der Waals surface area contributed by atoms with E-state index in [1.54, 1.807) is 10.9 Å². The second-order valence-electron chi connectivity index (χ2n) is 6.92. The number of aliphatic hydroxyl groups is 1. The summed E-state index contributed by atoms with van der Waals surface area (Å²) in [5.74, 6) is -0.480. The zero-order valence-corrected chi connectivity index (χ0v) is 14.6. The van der Waals surface area contributed by atoms with Gasteiger partial charge in [-0.05, 0) is 38.8 Å². The second-order valence-corrected chi connectivity index (χ2v) is 6.92. The van der Waals surface area contributed by atoms with Gasteiger partial charge >= 0.3 is 6.18 Å². The fourth-order valence-corrected chi connectivity index (χ4v) is 3.28. The number of carbonyl (C=O) groups is 1. The summed E-state index contributed by atoms with van der Waals surface area (Å²) in [4.78, 5) is 17.6. The molecule has 2 aliphatic heterocycles. The molecule has 0 aliphatic carbocycles. The quantitative estimate of drug-likeness (QED) is 0.889. The maximum absolute atomic E-state index is 12.9. The molecule has 0 aromatic carbocycles. The van der Waals surface area contributed by atoms with E-state index in [1.165, 1.54) is 0 Å². The van der Waals surface area contributed by atoms with Gasteiger partial charge in [0.25, 0.3) is 5.91 Å². The lowest BCUT2D eigenvalue weighted by Gasteiger charge is -2.36. The topological polar surface area (TPSA) is 70.7 Å². The van der Waals surface area contributed by atoms with Gasteiger partial charge in [0.15, 0.2) is 0 Å². The summed E-state index contributed by atoms with van der Waals surface area (Å²) >= 11 is 0. The van der Waals surface area contributed by atoms with E-state index in [-0.39, 0.29) is 19.0 Å². The zero-order chi connectivity index (χ0) is 19.1. The molecule has 26 heavy (non-hydrogen) atoms. The van der Waals surface area contributed by atoms with Crippen molar-refractivity contribution in [2.45, 2.75) is 50.8 Å². The Morgan fingerprint density at radius 1 is 1.31 bits per heavy atom. The van der Waals surface area contributed by atoms with Crippen LogP contribution in [0, 0.1) is 0 Å². The van der Waals surface area contributed by atoms with Crippen LogP contribution in [0.3, 0.4) is 0 Å². The molecule has 0 spiro atoms. The minimum absolute atomic E-state index is 0.0643. The van der Waals surface area contributed by atoms with Crippen LogP contribution in [-0.4, -0.2) is 56.3 Å². The molecule has 9 heteroatoms. The van der Waals surface area contributed by atoms with E-state index in [0.29, 0.717) is 19.8 Å². The van der Waals surface area contributed by atoms with Crippen LogP contribution in [0.1, 0.15) is 44.7 Å². The number of hydrogen-bond acceptors (Lipinski definition) is 4. The number of halogens is 3. The van der Waals surface area contributed by atoms with E-state index in [9.17, 15) is 23.1 Å². The monoisotopic (exact) mass is 370 g/mol. The molecule has 0 radical (unpaired) electrons. The Morgan fingerprint density at radius 3 is 2.50 bits per heavy atom. The number of aliphatic imine (C=N–C) groups is 1. The van der Waals surface area contributed by atoms with Crippen LogP contribution < -0.4 is 0 Å². The van der Waals surface area contributed by atoms with Crippen molar-refractivity contribution in [1.82, 2.24) is 14.7 Å². The van der Waals surface area contributed by atoms with Crippen molar-refractivity contribution in [1.29, 1.82) is 0 Å². The molecule has 0 unspecified atom stereocenters. The van der Waals surface area contributed by atoms with Crippen molar-refractivity contribution in [3.63, 3.8) is 0 Å². The van der Waals surface area contributed by atoms with Gasteiger partial charge in [-0.15, -0.1) is 0 Å². The van der Waals surface area contributed by atoms with E-state index in [0.717, 1.165) is 28.5 Å². The third-order valence-electron chi connectivity index (χ3n) is 4.94. The second kappa shape index (κ2) is 6.53. The Hall–Kier alpha value is -2.16. The molecule has 2 aliphatic rings. The summed E-state index contributed by atoms with van der Waals surface area (Å²) in [6, 6.07) is 1.87. The van der Waals surface area contributed by atoms with Gasteiger partial charge in [0, 0.05) is 43.0 Å². The summed E-state index contributed by atoms with van der Waals surface area (Å²) in [7, 11) is 0. The number of carbonyl (C=O) groups excluding carboxylic acids is 1. The van der Waals surface area contributed by atoms with Gasteiger partial charge in [-0.1, -0.05) is 0 Å². The van der Waals surface area contributed by atoms with Crippen molar-refractivity contribution in [2.24, 2.45) is 4.99 Å². The Morgan fingerprint density at radius 2 is 1.96 bits per heavy atom. The van der Waals surface area contributed by atoms with E-state index in [4.69, 9.17) is 0 Å². The number of allylic oxidation sites excluding steroid dienone is 1. The zero-order valence-electron chi connectivity index (χ0n) is 14.6. The average molecular weight is 370 g/mol. The number of nitrogens with zero attached hydrogens (tertiary/aromatic N) is 4. The first-order valence-electron chi connectivity index (χ1n) is 8.48. The van der Waals surface area contributed by atoms with Crippen LogP contribution in [-0.2, 0) is 4.79 Å². The van der Waals surface area contributed by atoms with Crippen LogP contribution in [0.4, 0.5) is 13.2 Å². The molecule has 1 aromatic rings. The Labute approximate surface area is 149 Å². The van der Waals surface area contributed by atoms with Crippen molar-refractivity contribution in [3.8, 4) is 0 Å². The van der Waals surface area contributed by atoms with E-state index < -0.39 is 17.7 Å². The highest BCUT2D eigenvalue weighted by Gasteiger charge is 2.57. The number of hydrogen-bond donors (Lipinski definition) is 1. The van der Waals surface area contributed by atoms with Crippen molar-refractivity contribution >= 4 is 17.4 Å². The Kier molecular flexibility index (Phi) is 4.68. The Bertz CT molecular complexity index is 756. The number of aromatic nitrogens is 2. The van der Waals surface area contributed by atoms with Gasteiger partial charge in [-0.3, -0.25) is 4.79 Å². The number of amides is 1. The predicted octanol–water partition coefficient (Wildman–Crippen LogP) is 2.57. The van der Waals surface area contributed by atoms with Crippen LogP contribution in [0.25, 0.3) is 5.82 Å². The van der Waals surface area contributed by atoms with Crippen LogP contribution in [0.2, 0.25) is 0 Å². The van der Waals surface area contributed by atoms with Crippen LogP contribution in [0.15, 0.2) is 23.3 Å². The molecule has 6 nitrogen and oxygen atoms in total. The SMILES string of the molecule is CC1=NC(n2nccc2C2CCN(C(=O)[C@@](C)(O)C(F)(F)F)CC2)=CC1. The molecule has 1 saturated heterocycles. The molecule has 3 rings (SSSR count). The summed E-state index contributed by atoms with van der Waals surface area (Å²) in [5.41, 5.74) is -1.43. The van der Waals surface area contributed by atoms with Gasteiger partial charge in [-0.2, -0.15) is 18.3 Å². The average Bonchev–Trinajstić information content (AvgIpc) is 3.21. The predicted molar refractivity (Wildman–Crippen MR) is 89.5 cm³/mol. The molecule has 3 heterocycles.